The second-order valence-electron chi connectivity index (χ2n) is 18.4. The zero-order valence-corrected chi connectivity index (χ0v) is 35.8. The van der Waals surface area contributed by atoms with Crippen molar-refractivity contribution in [3.05, 3.63) is 71.2 Å². The summed E-state index contributed by atoms with van der Waals surface area (Å²) in [6, 6.07) is 9.22. The summed E-state index contributed by atoms with van der Waals surface area (Å²) in [5.74, 6) is -6.67. The minimum absolute atomic E-state index is 0.0108. The highest BCUT2D eigenvalue weighted by Gasteiger charge is 2.78. The second-order valence-corrected chi connectivity index (χ2v) is 18.4. The number of carbonyl (C=O) groups is 6. The lowest BCUT2D eigenvalue weighted by Crippen LogP contribution is -2.82. The average molecular weight is 866 g/mol. The number of ketones is 1. The number of rotatable bonds is 12. The van der Waals surface area contributed by atoms with Crippen molar-refractivity contribution in [3.8, 4) is 0 Å². The Labute approximate surface area is 358 Å². The first kappa shape index (κ1) is 44.9. The van der Waals surface area contributed by atoms with Crippen molar-refractivity contribution in [1.82, 2.24) is 5.32 Å². The van der Waals surface area contributed by atoms with Crippen molar-refractivity contribution in [1.29, 1.82) is 0 Å². The summed E-state index contributed by atoms with van der Waals surface area (Å²) >= 11 is 0. The number of alkyl carbamates (subject to hydrolysis) is 1. The predicted molar refractivity (Wildman–Crippen MR) is 212 cm³/mol. The van der Waals surface area contributed by atoms with Gasteiger partial charge in [-0.2, -0.15) is 0 Å². The number of hydrogen-bond acceptors (Lipinski definition) is 16. The summed E-state index contributed by atoms with van der Waals surface area (Å²) in [7, 11) is 0. The molecule has 3 saturated carbocycles. The van der Waals surface area contributed by atoms with E-state index in [4.69, 9.17) is 32.8 Å². The van der Waals surface area contributed by atoms with Crippen molar-refractivity contribution >= 4 is 35.8 Å². The lowest BCUT2D eigenvalue weighted by Gasteiger charge is -2.67. The molecule has 0 radical (unpaired) electrons. The maximum Gasteiger partial charge on any atom is 0.407 e. The maximum atomic E-state index is 15.7. The predicted octanol–water partition coefficient (Wildman–Crippen LogP) is 3.67. The van der Waals surface area contributed by atoms with Crippen LogP contribution in [-0.2, 0) is 47.6 Å². The Kier molecular flexibility index (Phi) is 12.0. The molecule has 1 unspecified atom stereocenters. The molecule has 4 N–H and O–H groups in total. The van der Waals surface area contributed by atoms with Crippen molar-refractivity contribution < 1.29 is 76.9 Å². The van der Waals surface area contributed by atoms with Crippen LogP contribution in [0.2, 0.25) is 0 Å². The van der Waals surface area contributed by atoms with Crippen LogP contribution in [-0.4, -0.2) is 112 Å². The molecule has 1 aromatic heterocycles. The Bertz CT molecular complexity index is 2110. The number of aliphatic hydroxyl groups excluding tert-OH is 2. The van der Waals surface area contributed by atoms with Gasteiger partial charge in [-0.05, 0) is 68.0 Å². The highest BCUT2D eigenvalue weighted by molar-refractivity contribution is 5.96. The summed E-state index contributed by atoms with van der Waals surface area (Å²) in [4.78, 5) is 83.7. The zero-order chi connectivity index (χ0) is 45.1. The number of nitrogens with one attached hydrogen (secondary N) is 1. The Hall–Kier alpha value is -5.10. The molecule has 1 aliphatic heterocycles. The molecule has 7 rings (SSSR count). The van der Waals surface area contributed by atoms with Gasteiger partial charge in [0.05, 0.1) is 48.4 Å². The number of aliphatic hydroxyl groups is 3. The van der Waals surface area contributed by atoms with E-state index >= 15 is 4.79 Å². The van der Waals surface area contributed by atoms with E-state index in [0.717, 1.165) is 6.92 Å². The van der Waals surface area contributed by atoms with Crippen molar-refractivity contribution in [3.63, 3.8) is 0 Å². The van der Waals surface area contributed by atoms with Gasteiger partial charge in [-0.1, -0.05) is 45.9 Å². The molecular weight excluding hydrogens is 810 g/mol. The zero-order valence-electron chi connectivity index (χ0n) is 35.8. The first-order valence-electron chi connectivity index (χ1n) is 21.0. The molecule has 1 aromatic carbocycles. The van der Waals surface area contributed by atoms with E-state index in [1.54, 1.807) is 32.0 Å². The van der Waals surface area contributed by atoms with Crippen molar-refractivity contribution in [2.24, 2.45) is 28.6 Å². The Morgan fingerprint density at radius 2 is 1.68 bits per heavy atom. The number of benzene rings is 1. The summed E-state index contributed by atoms with van der Waals surface area (Å²) in [5, 5.41) is 39.9. The van der Waals surface area contributed by atoms with Gasteiger partial charge < -0.3 is 53.5 Å². The summed E-state index contributed by atoms with van der Waals surface area (Å²) in [6.07, 6.45) is -9.30. The van der Waals surface area contributed by atoms with E-state index < -0.39 is 119 Å². The summed E-state index contributed by atoms with van der Waals surface area (Å²) in [5.41, 5.74) is -7.65. The number of carbonyl (C=O) groups excluding carboxylic acids is 6. The number of ether oxygens (including phenoxy) is 6. The summed E-state index contributed by atoms with van der Waals surface area (Å²) in [6.45, 7) is 10.6. The third kappa shape index (κ3) is 7.60. The molecule has 1 saturated heterocycles. The van der Waals surface area contributed by atoms with Gasteiger partial charge in [0.2, 0.25) is 0 Å². The Balaban J connectivity index is 1.39. The number of fused-ring (bicyclic) bond motifs is 5. The second kappa shape index (κ2) is 16.5. The Morgan fingerprint density at radius 1 is 0.984 bits per heavy atom. The molecule has 2 aromatic rings. The fraction of sp³-hybridized carbons (Fsp3) is 0.600. The van der Waals surface area contributed by atoms with Crippen LogP contribution in [0.15, 0.2) is 64.3 Å². The van der Waals surface area contributed by atoms with Crippen LogP contribution >= 0.6 is 0 Å². The van der Waals surface area contributed by atoms with Crippen LogP contribution < -0.4 is 5.32 Å². The van der Waals surface area contributed by atoms with E-state index in [1.165, 1.54) is 44.4 Å². The van der Waals surface area contributed by atoms with E-state index in [0.29, 0.717) is 12.8 Å². The van der Waals surface area contributed by atoms with E-state index in [2.05, 4.69) is 5.32 Å². The molecule has 11 atom stereocenters. The van der Waals surface area contributed by atoms with Gasteiger partial charge in [-0.15, -0.1) is 0 Å². The van der Waals surface area contributed by atoms with Crippen molar-refractivity contribution in [2.75, 3.05) is 13.2 Å². The standard InChI is InChI=1S/C45H55NO16/c1-22(2)20-57-41(54)46-32(27-14-11-17-56-27)33(49)40(53)59-28-19-45(55)37(61-39(52)25-12-9-8-10-13-25)35-43(7,29(48)18-30-44(35,21-58-30)62-24(4)47)36(50)34(60-38(51)26-15-16-26)31(23(28)3)42(45,5)6/h8-14,17,22,26,28-30,32-35,37,48-49,55H,15-16,18-21H2,1-7H3,(H,46,54)/t28-,29-,30+,32-,33+,34+,35?,37-,43+,44-,45+/m0/s1. The fourth-order valence-corrected chi connectivity index (χ4v) is 9.91. The molecule has 336 valence electrons. The van der Waals surface area contributed by atoms with Crippen LogP contribution in [0.4, 0.5) is 4.79 Å². The van der Waals surface area contributed by atoms with Gasteiger partial charge in [0.25, 0.3) is 0 Å². The van der Waals surface area contributed by atoms with Gasteiger partial charge in [0, 0.05) is 25.2 Å². The SMILES string of the molecule is CC(=O)O[C@@]12CO[C@@H]1C[C@H](O)[C@@]1(C)C(=O)[C@H](OC(=O)C3CC3)C3=C(C)[C@@H](OC(=O)[C@H](O)[C@@H](NC(=O)OCC(C)C)c4ccco4)C[C@@](O)([C@@H](OC(=O)c4ccccc4)C12)C3(C)C. The topological polar surface area (TPSA) is 244 Å². The van der Waals surface area contributed by atoms with E-state index in [-0.39, 0.29) is 48.0 Å². The lowest BCUT2D eigenvalue weighted by molar-refractivity contribution is -0.346. The van der Waals surface area contributed by atoms with Gasteiger partial charge >= 0.3 is 30.0 Å². The highest BCUT2D eigenvalue weighted by Crippen LogP contribution is 2.64. The van der Waals surface area contributed by atoms with Crippen molar-refractivity contribution in [2.45, 2.75) is 128 Å². The molecule has 2 heterocycles. The first-order chi connectivity index (χ1) is 29.2. The first-order valence-corrected chi connectivity index (χ1v) is 21.0. The molecule has 0 spiro atoms. The molecule has 5 aliphatic rings. The van der Waals surface area contributed by atoms with Crippen LogP contribution in [0.3, 0.4) is 0 Å². The molecule has 17 nitrogen and oxygen atoms in total. The average Bonchev–Trinajstić information content (AvgIpc) is 3.94. The van der Waals surface area contributed by atoms with Crippen LogP contribution in [0.5, 0.6) is 0 Å². The normalized spacial score (nSPS) is 33.2. The van der Waals surface area contributed by atoms with Gasteiger partial charge in [0.15, 0.2) is 23.6 Å². The van der Waals surface area contributed by atoms with Gasteiger partial charge in [0.1, 0.15) is 35.7 Å². The van der Waals surface area contributed by atoms with Crippen LogP contribution in [0.1, 0.15) is 96.3 Å². The minimum Gasteiger partial charge on any atom is -0.467 e. The van der Waals surface area contributed by atoms with Gasteiger partial charge in [-0.25, -0.2) is 14.4 Å². The molecule has 2 bridgehead atoms. The van der Waals surface area contributed by atoms with Crippen LogP contribution in [0, 0.1) is 28.6 Å². The lowest BCUT2D eigenvalue weighted by atomic mass is 9.44. The Morgan fingerprint density at radius 3 is 2.26 bits per heavy atom. The third-order valence-corrected chi connectivity index (χ3v) is 13.5. The quantitative estimate of drug-likeness (QED) is 0.135. The number of amides is 1. The van der Waals surface area contributed by atoms with Crippen LogP contribution in [0.25, 0.3) is 0 Å². The molecule has 17 heteroatoms. The molecule has 4 aliphatic carbocycles. The summed E-state index contributed by atoms with van der Waals surface area (Å²) < 4.78 is 41.2. The molecule has 1 amide bonds. The molecular formula is C45H55NO16. The number of Topliss-reactive ketones (excluding diaryl/α,β-unsaturated/α-hetero) is 1. The number of esters is 4. The van der Waals surface area contributed by atoms with E-state index in [9.17, 15) is 39.3 Å². The number of hydrogen-bond donors (Lipinski definition) is 4. The minimum atomic E-state index is -2.40. The molecule has 4 fully saturated rings. The van der Waals surface area contributed by atoms with Gasteiger partial charge in [-0.3, -0.25) is 14.4 Å². The van der Waals surface area contributed by atoms with E-state index in [1.807, 2.05) is 13.8 Å². The largest absolute Gasteiger partial charge is 0.467 e. The molecule has 62 heavy (non-hydrogen) atoms. The fourth-order valence-electron chi connectivity index (χ4n) is 9.91. The monoisotopic (exact) mass is 865 g/mol. The highest BCUT2D eigenvalue weighted by atomic mass is 16.6. The smallest absolute Gasteiger partial charge is 0.407 e. The number of furan rings is 1. The maximum absolute atomic E-state index is 15.7. The third-order valence-electron chi connectivity index (χ3n) is 13.5.